The van der Waals surface area contributed by atoms with Gasteiger partial charge in [-0.2, -0.15) is 5.26 Å². The number of benzene rings is 2. The monoisotopic (exact) mass is 471 g/mol. The highest BCUT2D eigenvalue weighted by Crippen LogP contribution is 2.44. The second kappa shape index (κ2) is 9.83. The summed E-state index contributed by atoms with van der Waals surface area (Å²) in [6.07, 6.45) is 5.50. The molecular formula is C29H33N3O3. The van der Waals surface area contributed by atoms with E-state index in [9.17, 15) is 9.90 Å². The molecular weight excluding hydrogens is 438 g/mol. The molecule has 2 saturated carbocycles. The molecule has 1 saturated heterocycles. The first-order chi connectivity index (χ1) is 17.0. The van der Waals surface area contributed by atoms with E-state index in [0.29, 0.717) is 24.6 Å². The Kier molecular flexibility index (Phi) is 6.62. The number of carbonyl (C=O) groups is 1. The fraction of sp³-hybridized carbons (Fsp3) is 0.483. The summed E-state index contributed by atoms with van der Waals surface area (Å²) in [5.41, 5.74) is 2.61. The summed E-state index contributed by atoms with van der Waals surface area (Å²) >= 11 is 0. The van der Waals surface area contributed by atoms with Crippen molar-refractivity contribution in [3.05, 3.63) is 65.7 Å². The Labute approximate surface area is 207 Å². The third kappa shape index (κ3) is 5.26. The second-order valence-corrected chi connectivity index (χ2v) is 10.6. The van der Waals surface area contributed by atoms with Gasteiger partial charge in [-0.25, -0.2) is 0 Å². The van der Waals surface area contributed by atoms with Gasteiger partial charge in [-0.1, -0.05) is 36.8 Å². The highest BCUT2D eigenvalue weighted by molar-refractivity contribution is 6.05. The lowest BCUT2D eigenvalue weighted by Crippen LogP contribution is -2.52. The second-order valence-electron chi connectivity index (χ2n) is 10.6. The average Bonchev–Trinajstić information content (AvgIpc) is 3.65. The van der Waals surface area contributed by atoms with Crippen LogP contribution in [0.25, 0.3) is 0 Å². The van der Waals surface area contributed by atoms with Gasteiger partial charge >= 0.3 is 5.97 Å². The summed E-state index contributed by atoms with van der Waals surface area (Å²) in [5, 5.41) is 18.8. The fourth-order valence-electron chi connectivity index (χ4n) is 5.46. The summed E-state index contributed by atoms with van der Waals surface area (Å²) in [5.74, 6) is 0.574. The number of carboxylic acid groups (broad SMARTS) is 1. The Morgan fingerprint density at radius 2 is 1.80 bits per heavy atom. The molecule has 1 atom stereocenters. The van der Waals surface area contributed by atoms with Crippen molar-refractivity contribution >= 4 is 11.7 Å². The van der Waals surface area contributed by atoms with E-state index >= 15 is 0 Å². The van der Waals surface area contributed by atoms with Crippen molar-refractivity contribution in [3.63, 3.8) is 0 Å². The summed E-state index contributed by atoms with van der Waals surface area (Å²) in [7, 11) is 0. The zero-order valence-electron chi connectivity index (χ0n) is 20.2. The third-order valence-corrected chi connectivity index (χ3v) is 8.21. The molecule has 0 radical (unpaired) electrons. The fourth-order valence-corrected chi connectivity index (χ4v) is 5.46. The van der Waals surface area contributed by atoms with Gasteiger partial charge < -0.3 is 14.7 Å². The SMILES string of the molecule is N#Cc1ccc(OCC2(CN=C3CC3c3ccccc3)CCN(CC3(C(=O)O)CCC3)CC2)cc1. The van der Waals surface area contributed by atoms with Gasteiger partial charge in [0, 0.05) is 30.1 Å². The normalized spacial score (nSPS) is 23.7. The van der Waals surface area contributed by atoms with E-state index in [1.807, 2.05) is 18.2 Å². The van der Waals surface area contributed by atoms with Crippen LogP contribution >= 0.6 is 0 Å². The minimum absolute atomic E-state index is 0.0722. The molecule has 6 heteroatoms. The number of aliphatic carboxylic acids is 1. The van der Waals surface area contributed by atoms with Crippen molar-refractivity contribution in [3.8, 4) is 11.8 Å². The van der Waals surface area contributed by atoms with E-state index in [4.69, 9.17) is 15.0 Å². The highest BCUT2D eigenvalue weighted by atomic mass is 16.5. The molecule has 1 unspecified atom stereocenters. The van der Waals surface area contributed by atoms with Gasteiger partial charge in [0.2, 0.25) is 0 Å². The van der Waals surface area contributed by atoms with Gasteiger partial charge in [-0.3, -0.25) is 9.79 Å². The molecule has 2 aromatic rings. The number of rotatable bonds is 9. The Morgan fingerprint density at radius 1 is 1.09 bits per heavy atom. The Hall–Kier alpha value is -3.17. The van der Waals surface area contributed by atoms with Crippen molar-refractivity contribution in [2.75, 3.05) is 32.8 Å². The molecule has 0 bridgehead atoms. The maximum atomic E-state index is 11.9. The predicted molar refractivity (Wildman–Crippen MR) is 135 cm³/mol. The maximum Gasteiger partial charge on any atom is 0.310 e. The van der Waals surface area contributed by atoms with Crippen LogP contribution in [0.2, 0.25) is 0 Å². The quantitative estimate of drug-likeness (QED) is 0.562. The molecule has 3 aliphatic rings. The van der Waals surface area contributed by atoms with E-state index < -0.39 is 11.4 Å². The first-order valence-corrected chi connectivity index (χ1v) is 12.7. The average molecular weight is 472 g/mol. The van der Waals surface area contributed by atoms with Crippen LogP contribution in [0.15, 0.2) is 59.6 Å². The molecule has 2 aliphatic carbocycles. The van der Waals surface area contributed by atoms with E-state index in [-0.39, 0.29) is 5.41 Å². The van der Waals surface area contributed by atoms with Gasteiger partial charge in [-0.15, -0.1) is 0 Å². The zero-order valence-corrected chi connectivity index (χ0v) is 20.2. The van der Waals surface area contributed by atoms with Crippen molar-refractivity contribution in [2.24, 2.45) is 15.8 Å². The standard InChI is InChI=1S/C29H33N3O3/c30-18-22-7-9-24(10-8-22)35-21-28(19-31-26-17-25(26)23-5-2-1-3-6-23)13-15-32(16-14-28)20-29(27(33)34)11-4-12-29/h1-3,5-10,25H,4,11-17,19-21H2,(H,33,34). The molecule has 1 N–H and O–H groups in total. The molecule has 6 nitrogen and oxygen atoms in total. The van der Waals surface area contributed by atoms with Gasteiger partial charge in [0.15, 0.2) is 0 Å². The minimum atomic E-state index is -0.642. The van der Waals surface area contributed by atoms with E-state index in [1.54, 1.807) is 12.1 Å². The topological polar surface area (TPSA) is 85.9 Å². The van der Waals surface area contributed by atoms with Crippen molar-refractivity contribution in [1.29, 1.82) is 5.26 Å². The van der Waals surface area contributed by atoms with Crippen LogP contribution in [0.4, 0.5) is 0 Å². The summed E-state index contributed by atoms with van der Waals surface area (Å²) in [6, 6.07) is 20.0. The molecule has 0 amide bonds. The third-order valence-electron chi connectivity index (χ3n) is 8.21. The Balaban J connectivity index is 1.25. The number of piperidine rings is 1. The van der Waals surface area contributed by atoms with Crippen molar-refractivity contribution in [2.45, 2.75) is 44.4 Å². The minimum Gasteiger partial charge on any atom is -0.493 e. The highest BCUT2D eigenvalue weighted by Gasteiger charge is 2.47. The number of aliphatic imine (C=N–C) groups is 1. The molecule has 35 heavy (non-hydrogen) atoms. The van der Waals surface area contributed by atoms with E-state index in [2.05, 4.69) is 35.2 Å². The predicted octanol–water partition coefficient (Wildman–Crippen LogP) is 4.90. The van der Waals surface area contributed by atoms with Gasteiger partial charge in [-0.05, 0) is 75.0 Å². The number of hydrogen-bond donors (Lipinski definition) is 1. The number of hydrogen-bond acceptors (Lipinski definition) is 5. The maximum absolute atomic E-state index is 11.9. The van der Waals surface area contributed by atoms with Crippen LogP contribution in [0, 0.1) is 22.2 Å². The Bertz CT molecular complexity index is 1110. The molecule has 3 fully saturated rings. The van der Waals surface area contributed by atoms with Gasteiger partial charge in [0.1, 0.15) is 5.75 Å². The summed E-state index contributed by atoms with van der Waals surface area (Å²) < 4.78 is 6.23. The van der Waals surface area contributed by atoms with Crippen molar-refractivity contribution in [1.82, 2.24) is 4.90 Å². The largest absolute Gasteiger partial charge is 0.493 e. The van der Waals surface area contributed by atoms with Gasteiger partial charge in [0.25, 0.3) is 0 Å². The first kappa shape index (κ1) is 23.6. The first-order valence-electron chi connectivity index (χ1n) is 12.7. The van der Waals surface area contributed by atoms with Crippen LogP contribution in [0.1, 0.15) is 55.6 Å². The van der Waals surface area contributed by atoms with Crippen LogP contribution in [0.5, 0.6) is 5.75 Å². The molecule has 1 aliphatic heterocycles. The number of likely N-dealkylation sites (tertiary alicyclic amines) is 1. The number of carboxylic acids is 1. The molecule has 1 heterocycles. The van der Waals surface area contributed by atoms with E-state index in [1.165, 1.54) is 11.3 Å². The van der Waals surface area contributed by atoms with Crippen LogP contribution in [0.3, 0.4) is 0 Å². The molecule has 5 rings (SSSR count). The number of nitrogens with zero attached hydrogens (tertiary/aromatic N) is 3. The lowest BCUT2D eigenvalue weighted by molar-refractivity contribution is -0.156. The van der Waals surface area contributed by atoms with Crippen LogP contribution in [-0.2, 0) is 4.79 Å². The lowest BCUT2D eigenvalue weighted by atomic mass is 9.68. The van der Waals surface area contributed by atoms with Crippen molar-refractivity contribution < 1.29 is 14.6 Å². The smallest absolute Gasteiger partial charge is 0.310 e. The number of ether oxygens (including phenoxy) is 1. The van der Waals surface area contributed by atoms with E-state index in [0.717, 1.165) is 63.9 Å². The molecule has 0 aromatic heterocycles. The van der Waals surface area contributed by atoms with Crippen LogP contribution < -0.4 is 4.74 Å². The molecule has 0 spiro atoms. The number of nitriles is 1. The van der Waals surface area contributed by atoms with Gasteiger partial charge in [0.05, 0.1) is 23.7 Å². The molecule has 182 valence electrons. The Morgan fingerprint density at radius 3 is 2.40 bits per heavy atom. The summed E-state index contributed by atoms with van der Waals surface area (Å²) in [6.45, 7) is 3.71. The zero-order chi connectivity index (χ0) is 24.3. The van der Waals surface area contributed by atoms with Crippen LogP contribution in [-0.4, -0.2) is 54.5 Å². The molecule has 2 aromatic carbocycles. The lowest BCUT2D eigenvalue weighted by Gasteiger charge is -2.46. The summed E-state index contributed by atoms with van der Waals surface area (Å²) in [4.78, 5) is 19.3.